The quantitative estimate of drug-likeness (QED) is 0.0584. The first kappa shape index (κ1) is 64.0. The number of ether oxygens (including phenoxy) is 4. The molecule has 0 N–H and O–H groups in total. The SMILES string of the molecule is O=C(Oc1ccc(-c2ccccn2)cc1)c1cc(C(=O)Oc2ccc(-c3ccccn3)cc2)cc(-c2ccccc2-c2ccc(-c3cnc(-c4ccc(C5C=CC=CC5c5cc(C(=O)Oc6ccc(-c7ccccn7)cc6)cc(C(=O)Oc6ccc(-c7ccccn7)cc6)c5)cc4)cn3)cc2)c1. The fraction of sp³-hybridized carbons (Fsp3) is 0.0227. The summed E-state index contributed by atoms with van der Waals surface area (Å²) < 4.78 is 23.8. The standard InChI is InChI=1S/C88H58N6O8/c95-85(99-71-37-29-59(30-38-71)79-17-5-9-45-89-79)67-49-65(50-68(53-67)86(96)100-72-39-31-60(32-40-72)80-18-6-10-46-90-80)77-15-3-1-13-75(77)57-21-25-63(26-22-57)83-55-94-84(56-93-83)64-27-23-58(24-28-64)76-14-2-4-16-78(76)66-51-69(87(97)101-73-41-33-61(34-42-73)81-19-7-11-47-91-81)54-70(52-66)88(98)102-74-43-35-62(36-44-74)82-20-8-12-48-92-82/h1-56,75,77H. The van der Waals surface area contributed by atoms with Crippen LogP contribution in [-0.2, 0) is 0 Å². The van der Waals surface area contributed by atoms with Crippen molar-refractivity contribution >= 4 is 23.9 Å². The predicted octanol–water partition coefficient (Wildman–Crippen LogP) is 19.3. The topological polar surface area (TPSA) is 183 Å². The summed E-state index contributed by atoms with van der Waals surface area (Å²) in [6, 6.07) is 85.0. The number of nitrogens with zero attached hydrogens (tertiary/aromatic N) is 6. The Bertz CT molecular complexity index is 5190. The van der Waals surface area contributed by atoms with Gasteiger partial charge in [-0.25, -0.2) is 19.2 Å². The molecule has 488 valence electrons. The van der Waals surface area contributed by atoms with Gasteiger partial charge in [0.1, 0.15) is 23.0 Å². The van der Waals surface area contributed by atoms with Gasteiger partial charge in [-0.3, -0.25) is 29.9 Å². The second kappa shape index (κ2) is 29.4. The molecule has 2 unspecified atom stereocenters. The Morgan fingerprint density at radius 2 is 0.529 bits per heavy atom. The van der Waals surface area contributed by atoms with E-state index in [1.807, 2.05) is 194 Å². The molecule has 0 radical (unpaired) electrons. The lowest BCUT2D eigenvalue weighted by atomic mass is 9.78. The van der Waals surface area contributed by atoms with E-state index in [1.54, 1.807) is 110 Å². The summed E-state index contributed by atoms with van der Waals surface area (Å²) in [4.78, 5) is 84.2. The lowest BCUT2D eigenvalue weighted by Gasteiger charge is -2.26. The number of pyridine rings is 4. The molecule has 0 bridgehead atoms. The molecule has 9 aromatic carbocycles. The van der Waals surface area contributed by atoms with Gasteiger partial charge in [-0.05, 0) is 215 Å². The summed E-state index contributed by atoms with van der Waals surface area (Å²) in [6.45, 7) is 0. The smallest absolute Gasteiger partial charge is 0.343 e. The number of rotatable bonds is 18. The molecular weight excluding hydrogens is 1270 g/mol. The maximum absolute atomic E-state index is 14.2. The van der Waals surface area contributed by atoms with E-state index in [1.165, 1.54) is 12.1 Å². The molecule has 1 aliphatic rings. The number of carbonyl (C=O) groups excluding carboxylic acids is 4. The summed E-state index contributed by atoms with van der Waals surface area (Å²) >= 11 is 0. The highest BCUT2D eigenvalue weighted by Crippen LogP contribution is 2.41. The van der Waals surface area contributed by atoms with Gasteiger partial charge in [0.2, 0.25) is 0 Å². The van der Waals surface area contributed by atoms with E-state index in [0.29, 0.717) is 45.5 Å². The molecule has 5 aromatic heterocycles. The van der Waals surface area contributed by atoms with Gasteiger partial charge in [0, 0.05) is 70.0 Å². The molecule has 2 atom stereocenters. The van der Waals surface area contributed by atoms with Crippen LogP contribution >= 0.6 is 0 Å². The molecule has 14 nitrogen and oxygen atoms in total. The highest BCUT2D eigenvalue weighted by molar-refractivity contribution is 6.01. The third-order valence-corrected chi connectivity index (χ3v) is 17.4. The van der Waals surface area contributed by atoms with Gasteiger partial charge < -0.3 is 18.9 Å². The number of benzene rings is 9. The van der Waals surface area contributed by atoms with Crippen LogP contribution in [-0.4, -0.2) is 53.8 Å². The van der Waals surface area contributed by atoms with Gasteiger partial charge in [0.25, 0.3) is 0 Å². The van der Waals surface area contributed by atoms with Crippen molar-refractivity contribution in [3.63, 3.8) is 0 Å². The normalized spacial score (nSPS) is 13.0. The molecule has 102 heavy (non-hydrogen) atoms. The summed E-state index contributed by atoms with van der Waals surface area (Å²) in [5.41, 5.74) is 15.0. The first-order chi connectivity index (χ1) is 50.1. The molecule has 15 rings (SSSR count). The molecule has 14 heteroatoms. The zero-order chi connectivity index (χ0) is 69.1. The predicted molar refractivity (Wildman–Crippen MR) is 393 cm³/mol. The molecule has 0 amide bonds. The zero-order valence-corrected chi connectivity index (χ0v) is 54.4. The van der Waals surface area contributed by atoms with Crippen molar-refractivity contribution in [1.82, 2.24) is 29.9 Å². The third kappa shape index (κ3) is 14.6. The van der Waals surface area contributed by atoms with E-state index < -0.39 is 23.9 Å². The van der Waals surface area contributed by atoms with Gasteiger partial charge in [0.15, 0.2) is 0 Å². The van der Waals surface area contributed by atoms with Gasteiger partial charge in [0.05, 0.1) is 68.8 Å². The first-order valence-electron chi connectivity index (χ1n) is 32.9. The largest absolute Gasteiger partial charge is 0.423 e. The Hall–Kier alpha value is -14.0. The molecule has 14 aromatic rings. The van der Waals surface area contributed by atoms with Crippen molar-refractivity contribution in [1.29, 1.82) is 0 Å². The van der Waals surface area contributed by atoms with E-state index in [4.69, 9.17) is 28.9 Å². The number of hydrogen-bond acceptors (Lipinski definition) is 14. The second-order valence-corrected chi connectivity index (χ2v) is 24.0. The molecule has 0 saturated carbocycles. The van der Waals surface area contributed by atoms with Crippen LogP contribution in [0.1, 0.15) is 64.4 Å². The molecule has 0 saturated heterocycles. The lowest BCUT2D eigenvalue weighted by molar-refractivity contribution is 0.0715. The molecule has 5 heterocycles. The molecule has 0 fully saturated rings. The second-order valence-electron chi connectivity index (χ2n) is 24.0. The monoisotopic (exact) mass is 1330 g/mol. The van der Waals surface area contributed by atoms with Crippen molar-refractivity contribution < 1.29 is 38.1 Å². The van der Waals surface area contributed by atoms with E-state index in [-0.39, 0.29) is 34.1 Å². The third-order valence-electron chi connectivity index (χ3n) is 17.4. The van der Waals surface area contributed by atoms with Crippen molar-refractivity contribution in [3.05, 3.63) is 374 Å². The van der Waals surface area contributed by atoms with Gasteiger partial charge in [-0.1, -0.05) is 121 Å². The van der Waals surface area contributed by atoms with Crippen molar-refractivity contribution in [2.45, 2.75) is 11.8 Å². The van der Waals surface area contributed by atoms with Crippen LogP contribution in [0.15, 0.2) is 341 Å². The van der Waals surface area contributed by atoms with E-state index in [0.717, 1.165) is 78.4 Å². The van der Waals surface area contributed by atoms with Gasteiger partial charge in [-0.15, -0.1) is 0 Å². The number of hydrogen-bond donors (Lipinski definition) is 0. The average molecular weight is 1330 g/mol. The molecule has 1 aliphatic carbocycles. The summed E-state index contributed by atoms with van der Waals surface area (Å²) in [7, 11) is 0. The van der Waals surface area contributed by atoms with Crippen LogP contribution in [0.4, 0.5) is 0 Å². The van der Waals surface area contributed by atoms with E-state index in [9.17, 15) is 19.2 Å². The number of carbonyl (C=O) groups is 4. The fourth-order valence-electron chi connectivity index (χ4n) is 12.2. The van der Waals surface area contributed by atoms with Crippen LogP contribution in [0.2, 0.25) is 0 Å². The summed E-state index contributed by atoms with van der Waals surface area (Å²) in [5, 5.41) is 0. The number of esters is 4. The number of allylic oxidation sites excluding steroid dienone is 4. The lowest BCUT2D eigenvalue weighted by Crippen LogP contribution is -2.16. The van der Waals surface area contributed by atoms with Gasteiger partial charge in [-0.2, -0.15) is 0 Å². The Morgan fingerprint density at radius 1 is 0.245 bits per heavy atom. The minimum absolute atomic E-state index is 0.145. The maximum atomic E-state index is 14.2. The van der Waals surface area contributed by atoms with Gasteiger partial charge >= 0.3 is 23.9 Å². The Kier molecular flexibility index (Phi) is 18.5. The molecule has 0 aliphatic heterocycles. The number of aromatic nitrogens is 6. The van der Waals surface area contributed by atoms with E-state index in [2.05, 4.69) is 44.2 Å². The minimum Gasteiger partial charge on any atom is -0.423 e. The zero-order valence-electron chi connectivity index (χ0n) is 54.4. The summed E-state index contributed by atoms with van der Waals surface area (Å²) in [5.74, 6) is -1.80. The molecule has 0 spiro atoms. The minimum atomic E-state index is -0.661. The molecular formula is C88H58N6O8. The van der Waals surface area contributed by atoms with Crippen molar-refractivity contribution in [3.8, 4) is 113 Å². The fourth-order valence-corrected chi connectivity index (χ4v) is 12.2. The highest BCUT2D eigenvalue weighted by Gasteiger charge is 2.27. The highest BCUT2D eigenvalue weighted by atomic mass is 16.5. The van der Waals surface area contributed by atoms with Crippen LogP contribution in [0.25, 0.3) is 89.8 Å². The van der Waals surface area contributed by atoms with Crippen molar-refractivity contribution in [2.24, 2.45) is 0 Å². The first-order valence-corrected chi connectivity index (χ1v) is 32.9. The van der Waals surface area contributed by atoms with Crippen LogP contribution in [0.3, 0.4) is 0 Å². The maximum Gasteiger partial charge on any atom is 0.343 e. The van der Waals surface area contributed by atoms with Crippen LogP contribution in [0.5, 0.6) is 23.0 Å². The van der Waals surface area contributed by atoms with E-state index >= 15 is 0 Å². The van der Waals surface area contributed by atoms with Crippen molar-refractivity contribution in [2.75, 3.05) is 0 Å². The average Bonchev–Trinajstić information content (AvgIpc) is 0.793. The summed E-state index contributed by atoms with van der Waals surface area (Å²) in [6.07, 6.45) is 18.5. The Labute approximate surface area is 587 Å². The van der Waals surface area contributed by atoms with Crippen LogP contribution in [0, 0.1) is 0 Å². The van der Waals surface area contributed by atoms with Crippen LogP contribution < -0.4 is 18.9 Å². The Morgan fingerprint density at radius 3 is 0.863 bits per heavy atom. The Balaban J connectivity index is 0.660.